The summed E-state index contributed by atoms with van der Waals surface area (Å²) in [6.07, 6.45) is -4.16. The van der Waals surface area contributed by atoms with Crippen LogP contribution in [-0.2, 0) is 35.4 Å². The molecule has 6 amide bonds. The summed E-state index contributed by atoms with van der Waals surface area (Å²) in [6.45, 7) is 5.71. The minimum Gasteiger partial charge on any atom is -0.508 e. The molecule has 10 atom stereocenters. The smallest absolute Gasteiger partial charge is 0.250 e. The Labute approximate surface area is 486 Å². The van der Waals surface area contributed by atoms with E-state index in [1.165, 1.54) is 79.8 Å². The van der Waals surface area contributed by atoms with Crippen molar-refractivity contribution in [2.75, 3.05) is 13.7 Å². The second kappa shape index (κ2) is 25.6. The van der Waals surface area contributed by atoms with Crippen LogP contribution in [0.2, 0.25) is 10.0 Å². The molecule has 0 spiro atoms. The SMILES string of the molecule is CCC(C)C1=NC2C(=O)NC(C(=O)NC(CO)c3cc(O)cc(O)c3-c3cc2ccc3CO)C(O)c2ccc(c(Cl)c2)Oc2cc3cc(c2O)Oc2ccc(cc2Cl)C(O)C(NC(=O)C(CC(C)C)NC)C(=O)NC(CC(N)=O)C(=O)NC13. The third-order valence-electron chi connectivity index (χ3n) is 14.8. The van der Waals surface area contributed by atoms with E-state index in [0.717, 1.165) is 6.07 Å². The Hall–Kier alpha value is -8.03. The summed E-state index contributed by atoms with van der Waals surface area (Å²) >= 11 is 13.8. The van der Waals surface area contributed by atoms with Crippen molar-refractivity contribution < 1.29 is 74.0 Å². The molecule has 0 radical (unpaired) electrons. The maximum absolute atomic E-state index is 15.5. The van der Waals surface area contributed by atoms with Crippen molar-refractivity contribution in [3.63, 3.8) is 0 Å². The molecule has 0 fully saturated rings. The van der Waals surface area contributed by atoms with E-state index in [2.05, 4.69) is 31.9 Å². The number of halogens is 2. The average Bonchev–Trinajstić information content (AvgIpc) is 2.89. The molecule has 5 aliphatic heterocycles. The van der Waals surface area contributed by atoms with Gasteiger partial charge in [0.1, 0.15) is 53.3 Å². The Balaban J connectivity index is 1.44. The Morgan fingerprint density at radius 3 is 1.90 bits per heavy atom. The van der Waals surface area contributed by atoms with Gasteiger partial charge in [0.25, 0.3) is 0 Å². The molecular formula is C58H64Cl2N8O15. The molecule has 0 saturated heterocycles. The van der Waals surface area contributed by atoms with E-state index in [0.29, 0.717) is 6.42 Å². The van der Waals surface area contributed by atoms with Crippen molar-refractivity contribution >= 4 is 64.4 Å². The number of nitrogens with one attached hydrogen (secondary N) is 6. The van der Waals surface area contributed by atoms with Gasteiger partial charge in [0.2, 0.25) is 41.2 Å². The van der Waals surface area contributed by atoms with Crippen LogP contribution in [0, 0.1) is 11.8 Å². The van der Waals surface area contributed by atoms with Crippen molar-refractivity contribution in [3.8, 4) is 51.4 Å². The number of aliphatic imine (C=N–C) groups is 1. The van der Waals surface area contributed by atoms with Gasteiger partial charge in [-0.2, -0.15) is 0 Å². The molecule has 83 heavy (non-hydrogen) atoms. The number of nitrogens with two attached hydrogens (primary N) is 1. The number of primary amides is 1. The molecule has 440 valence electrons. The Kier molecular flexibility index (Phi) is 18.9. The van der Waals surface area contributed by atoms with Crippen LogP contribution in [0.15, 0.2) is 83.9 Å². The number of carbonyl (C=O) groups is 6. The van der Waals surface area contributed by atoms with Gasteiger partial charge in [0, 0.05) is 17.3 Å². The van der Waals surface area contributed by atoms with E-state index in [4.69, 9.17) is 43.4 Å². The highest BCUT2D eigenvalue weighted by atomic mass is 35.5. The van der Waals surface area contributed by atoms with Gasteiger partial charge in [-0.1, -0.05) is 75.2 Å². The van der Waals surface area contributed by atoms with Gasteiger partial charge in [-0.25, -0.2) is 0 Å². The number of hydrogen-bond acceptors (Lipinski definition) is 17. The quantitative estimate of drug-likeness (QED) is 0.0868. The van der Waals surface area contributed by atoms with Gasteiger partial charge in [-0.05, 0) is 119 Å². The second-order valence-corrected chi connectivity index (χ2v) is 21.8. The number of phenolic OH excluding ortho intramolecular Hbond substituents is 3. The molecule has 5 heterocycles. The lowest BCUT2D eigenvalue weighted by Crippen LogP contribution is -2.58. The van der Waals surface area contributed by atoms with Crippen molar-refractivity contribution in [1.29, 1.82) is 0 Å². The number of amides is 6. The number of aliphatic hydroxyl groups is 4. The molecular weight excluding hydrogens is 1120 g/mol. The number of fused-ring (bicyclic) bond motifs is 14. The highest BCUT2D eigenvalue weighted by molar-refractivity contribution is 6.32. The van der Waals surface area contributed by atoms with Gasteiger partial charge in [-0.15, -0.1) is 0 Å². The van der Waals surface area contributed by atoms with Gasteiger partial charge in [0.15, 0.2) is 17.5 Å². The normalized spacial score (nSPS) is 22.5. The first-order chi connectivity index (χ1) is 39.4. The fraction of sp³-hybridized carbons (Fsp3) is 0.362. The minimum atomic E-state index is -1.94. The first kappa shape index (κ1) is 61.1. The number of ether oxygens (including phenoxy) is 2. The van der Waals surface area contributed by atoms with Crippen LogP contribution in [0.3, 0.4) is 0 Å². The summed E-state index contributed by atoms with van der Waals surface area (Å²) < 4.78 is 12.7. The van der Waals surface area contributed by atoms with Crippen molar-refractivity contribution in [2.24, 2.45) is 22.6 Å². The Bertz CT molecular complexity index is 3400. The van der Waals surface area contributed by atoms with Crippen LogP contribution in [0.1, 0.15) is 111 Å². The third kappa shape index (κ3) is 13.1. The Morgan fingerprint density at radius 1 is 0.723 bits per heavy atom. The molecule has 0 aromatic heterocycles. The number of phenols is 3. The number of aromatic hydroxyl groups is 3. The lowest BCUT2D eigenvalue weighted by Gasteiger charge is -2.32. The fourth-order valence-electron chi connectivity index (χ4n) is 10.2. The summed E-state index contributed by atoms with van der Waals surface area (Å²) in [5.74, 6) is -9.67. The van der Waals surface area contributed by atoms with Crippen LogP contribution in [0.25, 0.3) is 11.1 Å². The predicted molar refractivity (Wildman–Crippen MR) is 303 cm³/mol. The molecule has 5 aliphatic rings. The monoisotopic (exact) mass is 1180 g/mol. The standard InChI is InChI=1S/C58H64Cl2N8O15/c1-6-25(4)46-47-30-17-42(82-40-11-9-27(15-34(40)59)51(74)49(67-54(77)36(62-5)13-24(2)3)57(80)63-37(21-44(61)73)55(78)66-47)53(76)43(18-30)83-41-12-10-28(16-35(41)60)52(75)50-58(81)64-38(23-70)33-19-31(71)20-39(72)45(33)32-14-26(7-8-29(32)22-69)48(65-46)56(79)68-50/h7-12,14-20,24-25,36-38,47-52,62,69-72,74-76H,6,13,21-23H2,1-5H3,(H2,61,73)(H,63,80)(H,64,81)(H,66,78)(H,67,77)(H,68,79). The molecule has 25 heteroatoms. The molecule has 10 unspecified atom stereocenters. The van der Waals surface area contributed by atoms with Crippen molar-refractivity contribution in [2.45, 2.75) is 108 Å². The van der Waals surface area contributed by atoms with Gasteiger partial charge >= 0.3 is 0 Å². The molecule has 5 aromatic carbocycles. The fourth-order valence-corrected chi connectivity index (χ4v) is 10.7. The molecule has 23 nitrogen and oxygen atoms in total. The van der Waals surface area contributed by atoms with Crippen LogP contribution in [0.5, 0.6) is 40.2 Å². The summed E-state index contributed by atoms with van der Waals surface area (Å²) in [4.78, 5) is 92.2. The number of benzene rings is 5. The molecule has 15 N–H and O–H groups in total. The zero-order valence-corrected chi connectivity index (χ0v) is 47.1. The molecule has 11 bridgehead atoms. The second-order valence-electron chi connectivity index (χ2n) is 21.0. The largest absolute Gasteiger partial charge is 0.508 e. The van der Waals surface area contributed by atoms with E-state index in [1.807, 2.05) is 13.8 Å². The number of aliphatic hydroxyl groups excluding tert-OH is 4. The van der Waals surface area contributed by atoms with E-state index in [9.17, 15) is 54.9 Å². The highest BCUT2D eigenvalue weighted by Gasteiger charge is 2.40. The zero-order chi connectivity index (χ0) is 60.3. The summed E-state index contributed by atoms with van der Waals surface area (Å²) in [5.41, 5.74) is 5.79. The van der Waals surface area contributed by atoms with Gasteiger partial charge in [0.05, 0.1) is 47.8 Å². The number of hydrogen-bond donors (Lipinski definition) is 14. The first-order valence-corrected chi connectivity index (χ1v) is 27.3. The molecule has 10 rings (SSSR count). The molecule has 5 aromatic rings. The summed E-state index contributed by atoms with van der Waals surface area (Å²) in [7, 11) is 1.54. The first-order valence-electron chi connectivity index (χ1n) is 26.6. The lowest BCUT2D eigenvalue weighted by atomic mass is 9.87. The molecule has 0 saturated carbocycles. The maximum atomic E-state index is 15.5. The van der Waals surface area contributed by atoms with E-state index in [-0.39, 0.29) is 95.6 Å². The number of likely N-dealkylation sites (N-methyl/N-ethyl adjacent to an activating group) is 1. The van der Waals surface area contributed by atoms with Gasteiger partial charge < -0.3 is 82.9 Å². The van der Waals surface area contributed by atoms with Crippen LogP contribution in [0.4, 0.5) is 0 Å². The number of carbonyl (C=O) groups excluding carboxylic acids is 6. The lowest BCUT2D eigenvalue weighted by molar-refractivity contribution is -0.136. The predicted octanol–water partition coefficient (Wildman–Crippen LogP) is 4.46. The average molecular weight is 1180 g/mol. The van der Waals surface area contributed by atoms with Crippen molar-refractivity contribution in [1.82, 2.24) is 31.9 Å². The highest BCUT2D eigenvalue weighted by Crippen LogP contribution is 2.48. The minimum absolute atomic E-state index is 0.000828. The van der Waals surface area contributed by atoms with Crippen molar-refractivity contribution in [3.05, 3.63) is 122 Å². The van der Waals surface area contributed by atoms with Crippen LogP contribution >= 0.6 is 23.2 Å². The van der Waals surface area contributed by atoms with Crippen LogP contribution < -0.4 is 47.1 Å². The maximum Gasteiger partial charge on any atom is 0.250 e. The van der Waals surface area contributed by atoms with E-state index >= 15 is 9.59 Å². The Morgan fingerprint density at radius 2 is 1.34 bits per heavy atom. The topological polar surface area (TPSA) is 373 Å². The zero-order valence-electron chi connectivity index (χ0n) is 45.6. The third-order valence-corrected chi connectivity index (χ3v) is 15.3. The summed E-state index contributed by atoms with van der Waals surface area (Å²) in [6, 6.07) is 5.40. The number of rotatable bonds is 11. The van der Waals surface area contributed by atoms with Crippen LogP contribution in [-0.4, -0.2) is 115 Å². The van der Waals surface area contributed by atoms with E-state index in [1.54, 1.807) is 13.8 Å². The number of nitrogens with zero attached hydrogens (tertiary/aromatic N) is 1. The molecule has 0 aliphatic carbocycles. The van der Waals surface area contributed by atoms with E-state index < -0.39 is 133 Å². The van der Waals surface area contributed by atoms with Gasteiger partial charge in [-0.3, -0.25) is 33.8 Å². The summed E-state index contributed by atoms with van der Waals surface area (Å²) in [5, 5.41) is 96.2.